The number of anilines is 2. The molecule has 0 aliphatic carbocycles. The minimum Gasteiger partial charge on any atom is -0.344 e. The van der Waals surface area contributed by atoms with Crippen molar-refractivity contribution in [1.82, 2.24) is 9.97 Å². The van der Waals surface area contributed by atoms with Crippen molar-refractivity contribution < 1.29 is 18.0 Å². The van der Waals surface area contributed by atoms with E-state index in [0.717, 1.165) is 31.5 Å². The Balaban J connectivity index is 2.09. The average Bonchev–Trinajstić information content (AvgIpc) is 2.60. The van der Waals surface area contributed by atoms with Crippen LogP contribution in [0.15, 0.2) is 24.5 Å². The van der Waals surface area contributed by atoms with Gasteiger partial charge in [0.15, 0.2) is 17.5 Å². The molecule has 0 atom stereocenters. The molecule has 0 aliphatic heterocycles. The van der Waals surface area contributed by atoms with E-state index in [1.807, 2.05) is 11.9 Å². The second-order valence-electron chi connectivity index (χ2n) is 5.22. The van der Waals surface area contributed by atoms with E-state index >= 15 is 0 Å². The molecular weight excluding hydrogens is 321 g/mol. The lowest BCUT2D eigenvalue weighted by atomic mass is 10.2. The highest BCUT2D eigenvalue weighted by molar-refractivity contribution is 6.03. The molecule has 0 unspecified atom stereocenters. The number of nitrogens with one attached hydrogen (secondary N) is 1. The molecule has 0 radical (unpaired) electrons. The molecule has 2 aromatic rings. The van der Waals surface area contributed by atoms with Crippen LogP contribution in [-0.4, -0.2) is 29.5 Å². The van der Waals surface area contributed by atoms with Gasteiger partial charge in [0.1, 0.15) is 0 Å². The van der Waals surface area contributed by atoms with E-state index < -0.39 is 29.0 Å². The molecule has 0 bridgehead atoms. The average molecular weight is 338 g/mol. The summed E-state index contributed by atoms with van der Waals surface area (Å²) >= 11 is 0. The number of halogens is 3. The predicted molar refractivity (Wildman–Crippen MR) is 84.5 cm³/mol. The van der Waals surface area contributed by atoms with Gasteiger partial charge in [0.05, 0.1) is 11.3 Å². The standard InChI is InChI=1S/C16H17F3N4O/c1-3-4-7-23(2)16-20-8-10(9-21-16)15(24)22-12-6-5-11(17)13(18)14(12)19/h5-6,8-9H,3-4,7H2,1-2H3,(H,22,24). The first kappa shape index (κ1) is 17.7. The number of benzene rings is 1. The SMILES string of the molecule is CCCCN(C)c1ncc(C(=O)Nc2ccc(F)c(F)c2F)cn1. The molecular formula is C16H17F3N4O. The normalized spacial score (nSPS) is 10.5. The summed E-state index contributed by atoms with van der Waals surface area (Å²) in [5.74, 6) is -4.69. The summed E-state index contributed by atoms with van der Waals surface area (Å²) in [6.45, 7) is 2.85. The fourth-order valence-electron chi connectivity index (χ4n) is 1.95. The number of nitrogens with zero attached hydrogens (tertiary/aromatic N) is 3. The molecule has 5 nitrogen and oxygen atoms in total. The molecule has 0 fully saturated rings. The Morgan fingerprint density at radius 2 is 1.83 bits per heavy atom. The quantitative estimate of drug-likeness (QED) is 0.821. The van der Waals surface area contributed by atoms with Crippen molar-refractivity contribution in [3.63, 3.8) is 0 Å². The lowest BCUT2D eigenvalue weighted by Crippen LogP contribution is -2.21. The fraction of sp³-hybridized carbons (Fsp3) is 0.312. The number of rotatable bonds is 6. The Hall–Kier alpha value is -2.64. The first-order valence-electron chi connectivity index (χ1n) is 7.42. The van der Waals surface area contributed by atoms with Crippen LogP contribution in [0.2, 0.25) is 0 Å². The van der Waals surface area contributed by atoms with E-state index in [0.29, 0.717) is 5.95 Å². The lowest BCUT2D eigenvalue weighted by molar-refractivity contribution is 0.102. The fourth-order valence-corrected chi connectivity index (χ4v) is 1.95. The van der Waals surface area contributed by atoms with Crippen molar-refractivity contribution in [2.45, 2.75) is 19.8 Å². The van der Waals surface area contributed by atoms with Crippen LogP contribution in [0.3, 0.4) is 0 Å². The Morgan fingerprint density at radius 3 is 2.46 bits per heavy atom. The molecule has 0 aliphatic rings. The number of aromatic nitrogens is 2. The number of carbonyl (C=O) groups is 1. The highest BCUT2D eigenvalue weighted by atomic mass is 19.2. The molecule has 8 heteroatoms. The van der Waals surface area contributed by atoms with Gasteiger partial charge in [-0.05, 0) is 18.6 Å². The van der Waals surface area contributed by atoms with Crippen LogP contribution >= 0.6 is 0 Å². The molecule has 1 aromatic heterocycles. The summed E-state index contributed by atoms with van der Waals surface area (Å²) < 4.78 is 39.6. The highest BCUT2D eigenvalue weighted by Gasteiger charge is 2.16. The molecule has 1 aromatic carbocycles. The number of hydrogen-bond acceptors (Lipinski definition) is 4. The van der Waals surface area contributed by atoms with Gasteiger partial charge in [-0.25, -0.2) is 23.1 Å². The third-order valence-electron chi connectivity index (χ3n) is 3.37. The Labute approximate surface area is 137 Å². The van der Waals surface area contributed by atoms with Gasteiger partial charge in [0, 0.05) is 26.0 Å². The molecule has 1 amide bonds. The predicted octanol–water partition coefficient (Wildman–Crippen LogP) is 3.38. The minimum absolute atomic E-state index is 0.0757. The monoisotopic (exact) mass is 338 g/mol. The van der Waals surface area contributed by atoms with Gasteiger partial charge in [-0.2, -0.15) is 0 Å². The molecule has 1 heterocycles. The highest BCUT2D eigenvalue weighted by Crippen LogP contribution is 2.20. The molecule has 2 rings (SSSR count). The van der Waals surface area contributed by atoms with Gasteiger partial charge in [-0.15, -0.1) is 0 Å². The van der Waals surface area contributed by atoms with Crippen LogP contribution in [0.1, 0.15) is 30.1 Å². The maximum Gasteiger partial charge on any atom is 0.258 e. The number of unbranched alkanes of at least 4 members (excludes halogenated alkanes) is 1. The van der Waals surface area contributed by atoms with E-state index in [2.05, 4.69) is 22.2 Å². The van der Waals surface area contributed by atoms with E-state index in [4.69, 9.17) is 0 Å². The lowest BCUT2D eigenvalue weighted by Gasteiger charge is -2.16. The van der Waals surface area contributed by atoms with Gasteiger partial charge >= 0.3 is 0 Å². The molecule has 0 saturated carbocycles. The Kier molecular flexibility index (Phi) is 5.73. The topological polar surface area (TPSA) is 58.1 Å². The number of hydrogen-bond donors (Lipinski definition) is 1. The van der Waals surface area contributed by atoms with Gasteiger partial charge < -0.3 is 10.2 Å². The van der Waals surface area contributed by atoms with Crippen LogP contribution in [0.4, 0.5) is 24.8 Å². The van der Waals surface area contributed by atoms with Gasteiger partial charge in [-0.3, -0.25) is 4.79 Å². The van der Waals surface area contributed by atoms with Crippen molar-refractivity contribution in [2.24, 2.45) is 0 Å². The summed E-state index contributed by atoms with van der Waals surface area (Å²) in [7, 11) is 1.83. The van der Waals surface area contributed by atoms with Crippen LogP contribution < -0.4 is 10.2 Å². The molecule has 128 valence electrons. The van der Waals surface area contributed by atoms with E-state index in [9.17, 15) is 18.0 Å². The first-order chi connectivity index (χ1) is 11.4. The summed E-state index contributed by atoms with van der Waals surface area (Å²) in [6.07, 6.45) is 4.60. The molecule has 1 N–H and O–H groups in total. The van der Waals surface area contributed by atoms with Crippen molar-refractivity contribution in [1.29, 1.82) is 0 Å². The van der Waals surface area contributed by atoms with Gasteiger partial charge in [0.2, 0.25) is 5.95 Å². The second kappa shape index (κ2) is 7.76. The third kappa shape index (κ3) is 4.01. The summed E-state index contributed by atoms with van der Waals surface area (Å²) in [6, 6.07) is 1.68. The zero-order valence-electron chi connectivity index (χ0n) is 13.3. The van der Waals surface area contributed by atoms with E-state index in [1.165, 1.54) is 12.4 Å². The van der Waals surface area contributed by atoms with Crippen LogP contribution in [0.5, 0.6) is 0 Å². The zero-order chi connectivity index (χ0) is 17.7. The number of amides is 1. The summed E-state index contributed by atoms with van der Waals surface area (Å²) in [5, 5.41) is 2.16. The zero-order valence-corrected chi connectivity index (χ0v) is 13.3. The summed E-state index contributed by atoms with van der Waals surface area (Å²) in [5.41, 5.74) is -0.380. The van der Waals surface area contributed by atoms with Crippen molar-refractivity contribution in [2.75, 3.05) is 23.8 Å². The second-order valence-corrected chi connectivity index (χ2v) is 5.22. The molecule has 24 heavy (non-hydrogen) atoms. The first-order valence-corrected chi connectivity index (χ1v) is 7.42. The third-order valence-corrected chi connectivity index (χ3v) is 3.37. The molecule has 0 saturated heterocycles. The van der Waals surface area contributed by atoms with Crippen molar-refractivity contribution in [3.05, 3.63) is 47.5 Å². The minimum atomic E-state index is -1.64. The number of carbonyl (C=O) groups excluding carboxylic acids is 1. The largest absolute Gasteiger partial charge is 0.344 e. The van der Waals surface area contributed by atoms with Gasteiger partial charge in [-0.1, -0.05) is 13.3 Å². The Bertz CT molecular complexity index is 722. The van der Waals surface area contributed by atoms with E-state index in [1.54, 1.807) is 0 Å². The smallest absolute Gasteiger partial charge is 0.258 e. The van der Waals surface area contributed by atoms with Crippen molar-refractivity contribution >= 4 is 17.5 Å². The van der Waals surface area contributed by atoms with Crippen molar-refractivity contribution in [3.8, 4) is 0 Å². The van der Waals surface area contributed by atoms with Crippen LogP contribution in [-0.2, 0) is 0 Å². The Morgan fingerprint density at radius 1 is 1.17 bits per heavy atom. The van der Waals surface area contributed by atoms with E-state index in [-0.39, 0.29) is 5.56 Å². The maximum absolute atomic E-state index is 13.6. The van der Waals surface area contributed by atoms with Crippen LogP contribution in [0, 0.1) is 17.5 Å². The molecule has 0 spiro atoms. The van der Waals surface area contributed by atoms with Crippen LogP contribution in [0.25, 0.3) is 0 Å². The maximum atomic E-state index is 13.6. The van der Waals surface area contributed by atoms with Gasteiger partial charge in [0.25, 0.3) is 5.91 Å². The summed E-state index contributed by atoms with van der Waals surface area (Å²) in [4.78, 5) is 22.0.